The topological polar surface area (TPSA) is 72.5 Å². The van der Waals surface area contributed by atoms with E-state index in [-0.39, 0.29) is 18.6 Å². The fourth-order valence-corrected chi connectivity index (χ4v) is 2.99. The predicted molar refractivity (Wildman–Crippen MR) is 77.5 cm³/mol. The van der Waals surface area contributed by atoms with Gasteiger partial charge in [0.05, 0.1) is 18.6 Å². The van der Waals surface area contributed by atoms with Gasteiger partial charge >= 0.3 is 5.97 Å². The molecule has 1 aromatic rings. The number of carbonyl (C=O) groups excluding carboxylic acids is 1. The lowest BCUT2D eigenvalue weighted by Crippen LogP contribution is -2.18. The van der Waals surface area contributed by atoms with Gasteiger partial charge in [0.2, 0.25) is 10.0 Å². The first-order chi connectivity index (χ1) is 8.85. The number of hydrogen-bond acceptors (Lipinski definition) is 4. The molecule has 0 amide bonds. The lowest BCUT2D eigenvalue weighted by atomic mass is 10.2. The molecule has 0 fully saturated rings. The van der Waals surface area contributed by atoms with Crippen LogP contribution in [0.3, 0.4) is 0 Å². The average Bonchev–Trinajstić information content (AvgIpc) is 2.34. The van der Waals surface area contributed by atoms with Crippen molar-refractivity contribution >= 4 is 37.6 Å². The SMILES string of the molecule is COC(=O)CCCS(=O)(=O)Nc1cccc(Br)c1C. The van der Waals surface area contributed by atoms with E-state index in [2.05, 4.69) is 25.4 Å². The number of rotatable bonds is 6. The largest absolute Gasteiger partial charge is 0.469 e. The second-order valence-corrected chi connectivity index (χ2v) is 6.71. The zero-order valence-corrected chi connectivity index (χ0v) is 13.2. The molecule has 1 N–H and O–H groups in total. The van der Waals surface area contributed by atoms with Gasteiger partial charge in [-0.2, -0.15) is 0 Å². The van der Waals surface area contributed by atoms with E-state index in [1.165, 1.54) is 7.11 Å². The maximum atomic E-state index is 11.9. The molecule has 1 rings (SSSR count). The number of halogens is 1. The molecule has 5 nitrogen and oxygen atoms in total. The van der Waals surface area contributed by atoms with E-state index in [0.717, 1.165) is 10.0 Å². The highest BCUT2D eigenvalue weighted by atomic mass is 79.9. The van der Waals surface area contributed by atoms with Crippen molar-refractivity contribution in [3.05, 3.63) is 28.2 Å². The van der Waals surface area contributed by atoms with Crippen molar-refractivity contribution in [2.45, 2.75) is 19.8 Å². The lowest BCUT2D eigenvalue weighted by Gasteiger charge is -2.11. The van der Waals surface area contributed by atoms with Gasteiger partial charge in [0.15, 0.2) is 0 Å². The summed E-state index contributed by atoms with van der Waals surface area (Å²) in [6.45, 7) is 1.82. The predicted octanol–water partition coefficient (Wildman–Crippen LogP) is 2.45. The second-order valence-electron chi connectivity index (χ2n) is 4.01. The van der Waals surface area contributed by atoms with E-state index in [4.69, 9.17) is 0 Å². The van der Waals surface area contributed by atoms with E-state index in [1.807, 2.05) is 13.0 Å². The molecule has 0 atom stereocenters. The van der Waals surface area contributed by atoms with E-state index >= 15 is 0 Å². The van der Waals surface area contributed by atoms with Crippen LogP contribution in [0.4, 0.5) is 5.69 Å². The third kappa shape index (κ3) is 5.20. The van der Waals surface area contributed by atoms with Gasteiger partial charge in [-0.25, -0.2) is 8.42 Å². The Hall–Kier alpha value is -1.08. The Labute approximate surface area is 121 Å². The molecule has 1 aromatic carbocycles. The van der Waals surface area contributed by atoms with Crippen LogP contribution in [-0.2, 0) is 19.6 Å². The Bertz CT molecular complexity index is 557. The van der Waals surface area contributed by atoms with Gasteiger partial charge in [-0.1, -0.05) is 22.0 Å². The monoisotopic (exact) mass is 349 g/mol. The van der Waals surface area contributed by atoms with Gasteiger partial charge in [-0.15, -0.1) is 0 Å². The molecule has 0 saturated heterocycles. The fraction of sp³-hybridized carbons (Fsp3) is 0.417. The highest BCUT2D eigenvalue weighted by molar-refractivity contribution is 9.10. The number of ether oxygens (including phenoxy) is 1. The minimum absolute atomic E-state index is 0.0921. The minimum atomic E-state index is -3.46. The number of carbonyl (C=O) groups is 1. The number of benzene rings is 1. The van der Waals surface area contributed by atoms with Crippen LogP contribution in [0.2, 0.25) is 0 Å². The summed E-state index contributed by atoms with van der Waals surface area (Å²) in [6.07, 6.45) is 0.323. The number of nitrogens with one attached hydrogen (secondary N) is 1. The number of hydrogen-bond donors (Lipinski definition) is 1. The van der Waals surface area contributed by atoms with Gasteiger partial charge in [0.25, 0.3) is 0 Å². The van der Waals surface area contributed by atoms with Crippen LogP contribution >= 0.6 is 15.9 Å². The first kappa shape index (κ1) is 16.0. The molecule has 0 aromatic heterocycles. The van der Waals surface area contributed by atoms with Crippen LogP contribution in [0.15, 0.2) is 22.7 Å². The molecule has 0 radical (unpaired) electrons. The molecule has 0 spiro atoms. The van der Waals surface area contributed by atoms with Crippen molar-refractivity contribution in [2.24, 2.45) is 0 Å². The number of sulfonamides is 1. The standard InChI is InChI=1S/C12H16BrNO4S/c1-9-10(13)5-3-6-11(9)14-19(16,17)8-4-7-12(15)18-2/h3,5-6,14H,4,7-8H2,1-2H3. The Balaban J connectivity index is 2.64. The van der Waals surface area contributed by atoms with Crippen LogP contribution in [0.5, 0.6) is 0 Å². The van der Waals surface area contributed by atoms with Gasteiger partial charge < -0.3 is 4.74 Å². The van der Waals surface area contributed by atoms with Crippen molar-refractivity contribution < 1.29 is 17.9 Å². The average molecular weight is 350 g/mol. The molecule has 0 heterocycles. The number of esters is 1. The summed E-state index contributed by atoms with van der Waals surface area (Å²) in [5.74, 6) is -0.525. The lowest BCUT2D eigenvalue weighted by molar-refractivity contribution is -0.140. The third-order valence-corrected chi connectivity index (χ3v) is 4.77. The molecule has 106 valence electrons. The van der Waals surface area contributed by atoms with Gasteiger partial charge in [0, 0.05) is 10.9 Å². The van der Waals surface area contributed by atoms with Crippen molar-refractivity contribution in [3.8, 4) is 0 Å². The van der Waals surface area contributed by atoms with Crippen LogP contribution < -0.4 is 4.72 Å². The zero-order valence-electron chi connectivity index (χ0n) is 10.8. The summed E-state index contributed by atoms with van der Waals surface area (Å²) in [7, 11) is -2.18. The Morgan fingerprint density at radius 2 is 2.11 bits per heavy atom. The van der Waals surface area contributed by atoms with E-state index in [1.54, 1.807) is 12.1 Å². The number of anilines is 1. The van der Waals surface area contributed by atoms with Gasteiger partial charge in [-0.3, -0.25) is 9.52 Å². The molecular weight excluding hydrogens is 334 g/mol. The smallest absolute Gasteiger partial charge is 0.305 e. The van der Waals surface area contributed by atoms with Crippen LogP contribution in [0, 0.1) is 6.92 Å². The summed E-state index contributed by atoms with van der Waals surface area (Å²) < 4.78 is 31.5. The summed E-state index contributed by atoms with van der Waals surface area (Å²) >= 11 is 3.34. The first-order valence-electron chi connectivity index (χ1n) is 5.68. The molecule has 0 aliphatic rings. The number of methoxy groups -OCH3 is 1. The van der Waals surface area contributed by atoms with Crippen LogP contribution in [-0.4, -0.2) is 27.2 Å². The third-order valence-electron chi connectivity index (χ3n) is 2.55. The van der Waals surface area contributed by atoms with Gasteiger partial charge in [-0.05, 0) is 31.0 Å². The Kier molecular flexibility index (Phi) is 5.81. The zero-order chi connectivity index (χ0) is 14.5. The Morgan fingerprint density at radius 3 is 2.74 bits per heavy atom. The molecule has 19 heavy (non-hydrogen) atoms. The maximum Gasteiger partial charge on any atom is 0.305 e. The molecular formula is C12H16BrNO4S. The van der Waals surface area contributed by atoms with Crippen molar-refractivity contribution in [3.63, 3.8) is 0 Å². The van der Waals surface area contributed by atoms with Crippen molar-refractivity contribution in [2.75, 3.05) is 17.6 Å². The highest BCUT2D eigenvalue weighted by Gasteiger charge is 2.13. The normalized spacial score (nSPS) is 11.1. The van der Waals surface area contributed by atoms with Crippen LogP contribution in [0.1, 0.15) is 18.4 Å². The summed E-state index contributed by atoms with van der Waals surface area (Å²) in [5.41, 5.74) is 1.35. The van der Waals surface area contributed by atoms with E-state index in [0.29, 0.717) is 5.69 Å². The summed E-state index contributed by atoms with van der Waals surface area (Å²) in [4.78, 5) is 10.9. The van der Waals surface area contributed by atoms with Crippen LogP contribution in [0.25, 0.3) is 0 Å². The van der Waals surface area contributed by atoms with Crippen molar-refractivity contribution in [1.82, 2.24) is 0 Å². The second kappa shape index (κ2) is 6.91. The summed E-state index contributed by atoms with van der Waals surface area (Å²) in [6, 6.07) is 5.28. The van der Waals surface area contributed by atoms with E-state index < -0.39 is 16.0 Å². The van der Waals surface area contributed by atoms with E-state index in [9.17, 15) is 13.2 Å². The minimum Gasteiger partial charge on any atom is -0.469 e. The molecule has 0 aliphatic carbocycles. The maximum absolute atomic E-state index is 11.9. The fourth-order valence-electron chi connectivity index (χ4n) is 1.45. The Morgan fingerprint density at radius 1 is 1.42 bits per heavy atom. The molecule has 0 saturated carbocycles. The molecule has 0 bridgehead atoms. The summed E-state index contributed by atoms with van der Waals surface area (Å²) in [5, 5.41) is 0. The highest BCUT2D eigenvalue weighted by Crippen LogP contribution is 2.24. The molecule has 0 aliphatic heterocycles. The van der Waals surface area contributed by atoms with Gasteiger partial charge in [0.1, 0.15) is 0 Å². The molecule has 0 unspecified atom stereocenters. The quantitative estimate of drug-likeness (QED) is 0.800. The molecule has 7 heteroatoms. The first-order valence-corrected chi connectivity index (χ1v) is 8.12. The van der Waals surface area contributed by atoms with Crippen molar-refractivity contribution in [1.29, 1.82) is 0 Å².